The van der Waals surface area contributed by atoms with Crippen molar-refractivity contribution in [3.05, 3.63) is 60.8 Å². The molecule has 0 aromatic rings. The van der Waals surface area contributed by atoms with Crippen molar-refractivity contribution in [2.24, 2.45) is 0 Å². The molecule has 0 spiro atoms. The number of allylic oxidation sites excluding steroid dienone is 10. The Bertz CT molecular complexity index is 1250. The molecule has 6 heteroatoms. The van der Waals surface area contributed by atoms with Crippen LogP contribution < -0.4 is 0 Å². The smallest absolute Gasteiger partial charge is 0.306 e. The quantitative estimate of drug-likeness (QED) is 0.0262. The molecule has 0 saturated heterocycles. The number of rotatable bonds is 54. The Hall–Kier alpha value is -2.89. The first-order chi connectivity index (χ1) is 34.0. The summed E-state index contributed by atoms with van der Waals surface area (Å²) in [6.45, 7) is 6.61. The van der Waals surface area contributed by atoms with Gasteiger partial charge in [0.1, 0.15) is 13.2 Å². The van der Waals surface area contributed by atoms with Crippen LogP contribution in [0.5, 0.6) is 0 Å². The molecule has 6 nitrogen and oxygen atoms in total. The van der Waals surface area contributed by atoms with Gasteiger partial charge in [0.05, 0.1) is 0 Å². The molecule has 0 heterocycles. The molecular formula is C63H112O6. The Morgan fingerprint density at radius 2 is 0.522 bits per heavy atom. The molecule has 0 radical (unpaired) electrons. The molecule has 0 fully saturated rings. The molecule has 0 rings (SSSR count). The summed E-state index contributed by atoms with van der Waals surface area (Å²) in [4.78, 5) is 38.2. The van der Waals surface area contributed by atoms with Gasteiger partial charge in [0.2, 0.25) is 0 Å². The number of esters is 3. The molecule has 0 amide bonds. The van der Waals surface area contributed by atoms with Crippen molar-refractivity contribution in [2.75, 3.05) is 13.2 Å². The summed E-state index contributed by atoms with van der Waals surface area (Å²) >= 11 is 0. The zero-order valence-electron chi connectivity index (χ0n) is 45.8. The Balaban J connectivity index is 4.42. The first-order valence-corrected chi connectivity index (χ1v) is 29.8. The zero-order chi connectivity index (χ0) is 50.0. The summed E-state index contributed by atoms with van der Waals surface area (Å²) < 4.78 is 16.9. The van der Waals surface area contributed by atoms with Gasteiger partial charge in [-0.15, -0.1) is 0 Å². The van der Waals surface area contributed by atoms with E-state index in [1.165, 1.54) is 180 Å². The van der Waals surface area contributed by atoms with Crippen molar-refractivity contribution in [1.29, 1.82) is 0 Å². The van der Waals surface area contributed by atoms with E-state index in [0.717, 1.165) is 83.5 Å². The van der Waals surface area contributed by atoms with Crippen molar-refractivity contribution in [3.8, 4) is 0 Å². The molecule has 0 unspecified atom stereocenters. The maximum Gasteiger partial charge on any atom is 0.306 e. The lowest BCUT2D eigenvalue weighted by Gasteiger charge is -2.18. The summed E-state index contributed by atoms with van der Waals surface area (Å²) in [5.41, 5.74) is 0. The van der Waals surface area contributed by atoms with E-state index in [4.69, 9.17) is 14.2 Å². The number of carbonyl (C=O) groups is 3. The SMILES string of the molecule is CCCCC/C=C\C/C=C\C/C=C\C/C=C\CCCCCC(=O)OC[C@H](COC(=O)CCCCCCCCC/C=C\CCCCCCCC)OC(=O)CCCCCCCCCCCCCCCCC. The zero-order valence-corrected chi connectivity index (χ0v) is 45.8. The van der Waals surface area contributed by atoms with Crippen LogP contribution in [0.3, 0.4) is 0 Å². The summed E-state index contributed by atoms with van der Waals surface area (Å²) in [5, 5.41) is 0. The minimum Gasteiger partial charge on any atom is -0.462 e. The predicted molar refractivity (Wildman–Crippen MR) is 298 cm³/mol. The highest BCUT2D eigenvalue weighted by molar-refractivity contribution is 5.71. The molecule has 0 aromatic carbocycles. The summed E-state index contributed by atoms with van der Waals surface area (Å²) in [6.07, 6.45) is 72.1. The lowest BCUT2D eigenvalue weighted by molar-refractivity contribution is -0.167. The fraction of sp³-hybridized carbons (Fsp3) is 0.794. The van der Waals surface area contributed by atoms with E-state index in [-0.39, 0.29) is 31.1 Å². The Morgan fingerprint density at radius 3 is 0.870 bits per heavy atom. The average molecular weight is 966 g/mol. The third-order valence-electron chi connectivity index (χ3n) is 13.0. The van der Waals surface area contributed by atoms with Crippen LogP contribution in [-0.4, -0.2) is 37.2 Å². The van der Waals surface area contributed by atoms with Gasteiger partial charge in [0, 0.05) is 19.3 Å². The molecule has 0 N–H and O–H groups in total. The van der Waals surface area contributed by atoms with Gasteiger partial charge in [-0.1, -0.05) is 255 Å². The monoisotopic (exact) mass is 965 g/mol. The van der Waals surface area contributed by atoms with E-state index in [1.807, 2.05) is 0 Å². The van der Waals surface area contributed by atoms with Crippen LogP contribution in [0.1, 0.15) is 303 Å². The number of unbranched alkanes of at least 4 members (excludes halogenated alkanes) is 33. The van der Waals surface area contributed by atoms with Gasteiger partial charge < -0.3 is 14.2 Å². The standard InChI is InChI=1S/C63H112O6/c1-4-7-10-13-16-19-22-25-28-30-31-33-36-38-41-44-47-50-53-56-62(65)68-59-60(69-63(66)57-54-51-48-45-42-39-34-27-24-21-18-15-12-9-6-3)58-67-61(64)55-52-49-46-43-40-37-35-32-29-26-23-20-17-14-11-8-5-2/h16,19,25-26,28-29,31,33,38,41,60H,4-15,17-18,20-24,27,30,32,34-37,39-40,42-59H2,1-3H3/b19-16-,28-25-,29-26-,33-31-,41-38-/t60-/m0/s1. The first-order valence-electron chi connectivity index (χ1n) is 29.8. The van der Waals surface area contributed by atoms with Crippen LogP contribution in [0.15, 0.2) is 60.8 Å². The van der Waals surface area contributed by atoms with Crippen molar-refractivity contribution in [1.82, 2.24) is 0 Å². The molecule has 69 heavy (non-hydrogen) atoms. The van der Waals surface area contributed by atoms with Crippen LogP contribution in [0.2, 0.25) is 0 Å². The van der Waals surface area contributed by atoms with E-state index in [2.05, 4.69) is 81.5 Å². The highest BCUT2D eigenvalue weighted by Gasteiger charge is 2.19. The van der Waals surface area contributed by atoms with E-state index in [0.29, 0.717) is 19.3 Å². The molecule has 0 saturated carbocycles. The number of hydrogen-bond donors (Lipinski definition) is 0. The molecule has 0 aliphatic rings. The molecule has 0 aromatic heterocycles. The number of carbonyl (C=O) groups excluding carboxylic acids is 3. The summed E-state index contributed by atoms with van der Waals surface area (Å²) in [7, 11) is 0. The number of hydrogen-bond acceptors (Lipinski definition) is 6. The fourth-order valence-electron chi connectivity index (χ4n) is 8.48. The van der Waals surface area contributed by atoms with Gasteiger partial charge >= 0.3 is 17.9 Å². The fourth-order valence-corrected chi connectivity index (χ4v) is 8.48. The maximum absolute atomic E-state index is 12.9. The van der Waals surface area contributed by atoms with Crippen molar-refractivity contribution in [2.45, 2.75) is 309 Å². The van der Waals surface area contributed by atoms with Crippen molar-refractivity contribution >= 4 is 17.9 Å². The van der Waals surface area contributed by atoms with Crippen LogP contribution in [-0.2, 0) is 28.6 Å². The van der Waals surface area contributed by atoms with Gasteiger partial charge in [-0.3, -0.25) is 14.4 Å². The highest BCUT2D eigenvalue weighted by atomic mass is 16.6. The molecule has 400 valence electrons. The molecule has 0 aliphatic carbocycles. The minimum absolute atomic E-state index is 0.0841. The third-order valence-corrected chi connectivity index (χ3v) is 13.0. The third kappa shape index (κ3) is 55.9. The van der Waals surface area contributed by atoms with Crippen molar-refractivity contribution in [3.63, 3.8) is 0 Å². The van der Waals surface area contributed by atoms with E-state index in [1.54, 1.807) is 0 Å². The van der Waals surface area contributed by atoms with E-state index < -0.39 is 6.10 Å². The summed E-state index contributed by atoms with van der Waals surface area (Å²) in [5.74, 6) is -0.906. The van der Waals surface area contributed by atoms with Gasteiger partial charge in [0.25, 0.3) is 0 Å². The lowest BCUT2D eigenvalue weighted by atomic mass is 10.0. The molecule has 1 atom stereocenters. The number of ether oxygens (including phenoxy) is 3. The second-order valence-corrected chi connectivity index (χ2v) is 19.9. The van der Waals surface area contributed by atoms with Gasteiger partial charge in [0.15, 0.2) is 6.10 Å². The Morgan fingerprint density at radius 1 is 0.290 bits per heavy atom. The molecular weight excluding hydrogens is 853 g/mol. The predicted octanol–water partition coefficient (Wildman–Crippen LogP) is 20.0. The van der Waals surface area contributed by atoms with Crippen LogP contribution in [0, 0.1) is 0 Å². The normalized spacial score (nSPS) is 12.4. The largest absolute Gasteiger partial charge is 0.462 e. The van der Waals surface area contributed by atoms with Crippen molar-refractivity contribution < 1.29 is 28.6 Å². The Labute approximate surface area is 428 Å². The Kier molecular flexibility index (Phi) is 55.3. The van der Waals surface area contributed by atoms with E-state index in [9.17, 15) is 14.4 Å². The van der Waals surface area contributed by atoms with Gasteiger partial charge in [-0.2, -0.15) is 0 Å². The lowest BCUT2D eigenvalue weighted by Crippen LogP contribution is -2.30. The second kappa shape index (κ2) is 57.7. The van der Waals surface area contributed by atoms with Crippen LogP contribution >= 0.6 is 0 Å². The minimum atomic E-state index is -0.787. The maximum atomic E-state index is 12.9. The molecule has 0 aliphatic heterocycles. The first kappa shape index (κ1) is 66.1. The average Bonchev–Trinajstić information content (AvgIpc) is 3.35. The van der Waals surface area contributed by atoms with Gasteiger partial charge in [-0.25, -0.2) is 0 Å². The van der Waals surface area contributed by atoms with E-state index >= 15 is 0 Å². The van der Waals surface area contributed by atoms with Gasteiger partial charge in [-0.05, 0) is 89.9 Å². The molecule has 0 bridgehead atoms. The van der Waals surface area contributed by atoms with Crippen LogP contribution in [0.4, 0.5) is 0 Å². The second-order valence-electron chi connectivity index (χ2n) is 19.9. The highest BCUT2D eigenvalue weighted by Crippen LogP contribution is 2.16. The van der Waals surface area contributed by atoms with Crippen LogP contribution in [0.25, 0.3) is 0 Å². The topological polar surface area (TPSA) is 78.9 Å². The summed E-state index contributed by atoms with van der Waals surface area (Å²) in [6, 6.07) is 0.